The van der Waals surface area contributed by atoms with Crippen molar-refractivity contribution in [1.29, 1.82) is 0 Å². The minimum atomic E-state index is 0.0659. The molecule has 0 atom stereocenters. The summed E-state index contributed by atoms with van der Waals surface area (Å²) < 4.78 is 1.12. The summed E-state index contributed by atoms with van der Waals surface area (Å²) >= 11 is 3.15. The van der Waals surface area contributed by atoms with Gasteiger partial charge in [0, 0.05) is 4.90 Å². The first kappa shape index (κ1) is 19.7. The first-order chi connectivity index (χ1) is 14.1. The van der Waals surface area contributed by atoms with E-state index in [1.807, 2.05) is 65.6 Å². The molecule has 0 saturated heterocycles. The predicted molar refractivity (Wildman–Crippen MR) is 124 cm³/mol. The number of aryl methyl sites for hydroxylation is 2. The lowest BCUT2D eigenvalue weighted by Crippen LogP contribution is -2.31. The number of amides is 1. The monoisotopic (exact) mass is 418 g/mol. The number of thioether (sulfide) groups is 1. The van der Waals surface area contributed by atoms with Crippen molar-refractivity contribution in [2.24, 2.45) is 0 Å². The van der Waals surface area contributed by atoms with Crippen LogP contribution in [0.4, 0.5) is 5.13 Å². The maximum Gasteiger partial charge on any atom is 0.239 e. The Morgan fingerprint density at radius 2 is 1.69 bits per heavy atom. The van der Waals surface area contributed by atoms with Crippen LogP contribution in [0.15, 0.2) is 77.7 Å². The Labute approximate surface area is 179 Å². The van der Waals surface area contributed by atoms with Gasteiger partial charge < -0.3 is 0 Å². The Kier molecular flexibility index (Phi) is 5.97. The Morgan fingerprint density at radius 1 is 1.00 bits per heavy atom. The van der Waals surface area contributed by atoms with E-state index in [9.17, 15) is 4.79 Å². The van der Waals surface area contributed by atoms with E-state index in [0.29, 0.717) is 12.3 Å². The van der Waals surface area contributed by atoms with Crippen molar-refractivity contribution in [3.05, 3.63) is 89.5 Å². The fourth-order valence-corrected chi connectivity index (χ4v) is 5.20. The Morgan fingerprint density at radius 3 is 2.41 bits per heavy atom. The summed E-state index contributed by atoms with van der Waals surface area (Å²) in [5.41, 5.74) is 4.44. The predicted octanol–water partition coefficient (Wildman–Crippen LogP) is 6.24. The van der Waals surface area contributed by atoms with Crippen LogP contribution < -0.4 is 4.90 Å². The molecule has 29 heavy (non-hydrogen) atoms. The highest BCUT2D eigenvalue weighted by molar-refractivity contribution is 8.00. The molecule has 1 heterocycles. The number of fused-ring (bicyclic) bond motifs is 1. The number of nitrogens with zero attached hydrogens (tertiary/aromatic N) is 2. The van der Waals surface area contributed by atoms with Crippen molar-refractivity contribution in [1.82, 2.24) is 4.98 Å². The molecule has 3 nitrogen and oxygen atoms in total. The topological polar surface area (TPSA) is 33.2 Å². The van der Waals surface area contributed by atoms with Crippen LogP contribution in [-0.4, -0.2) is 16.6 Å². The number of anilines is 1. The lowest BCUT2D eigenvalue weighted by molar-refractivity contribution is -0.116. The van der Waals surface area contributed by atoms with Gasteiger partial charge in [-0.15, -0.1) is 11.8 Å². The van der Waals surface area contributed by atoms with E-state index in [-0.39, 0.29) is 5.91 Å². The van der Waals surface area contributed by atoms with Crippen LogP contribution in [0.25, 0.3) is 10.2 Å². The summed E-state index contributed by atoms with van der Waals surface area (Å²) in [6, 6.07) is 24.4. The summed E-state index contributed by atoms with van der Waals surface area (Å²) in [6.07, 6.45) is 0. The van der Waals surface area contributed by atoms with Gasteiger partial charge in [0.2, 0.25) is 5.91 Å². The first-order valence-electron chi connectivity index (χ1n) is 9.50. The Balaban J connectivity index is 1.64. The van der Waals surface area contributed by atoms with Gasteiger partial charge in [-0.1, -0.05) is 65.9 Å². The van der Waals surface area contributed by atoms with Gasteiger partial charge >= 0.3 is 0 Å². The maximum absolute atomic E-state index is 13.2. The number of hydrogen-bond donors (Lipinski definition) is 0. The van der Waals surface area contributed by atoms with Crippen molar-refractivity contribution in [2.45, 2.75) is 25.3 Å². The van der Waals surface area contributed by atoms with E-state index in [1.165, 1.54) is 5.56 Å². The summed E-state index contributed by atoms with van der Waals surface area (Å²) in [5.74, 6) is 0.446. The quantitative estimate of drug-likeness (QED) is 0.348. The third-order valence-corrected chi connectivity index (χ3v) is 6.66. The maximum atomic E-state index is 13.2. The van der Waals surface area contributed by atoms with Gasteiger partial charge in [0.1, 0.15) is 0 Å². The van der Waals surface area contributed by atoms with Gasteiger partial charge in [0.05, 0.1) is 22.5 Å². The van der Waals surface area contributed by atoms with E-state index in [1.54, 1.807) is 23.1 Å². The van der Waals surface area contributed by atoms with Gasteiger partial charge in [-0.3, -0.25) is 9.69 Å². The first-order valence-corrected chi connectivity index (χ1v) is 11.3. The molecule has 0 aliphatic heterocycles. The van der Waals surface area contributed by atoms with Crippen molar-refractivity contribution in [3.63, 3.8) is 0 Å². The van der Waals surface area contributed by atoms with E-state index < -0.39 is 0 Å². The van der Waals surface area contributed by atoms with Crippen molar-refractivity contribution >= 4 is 44.4 Å². The molecular formula is C24H22N2OS2. The molecule has 0 bridgehead atoms. The number of carbonyl (C=O) groups is 1. The number of carbonyl (C=O) groups excluding carboxylic acids is 1. The average molecular weight is 419 g/mol. The molecule has 0 aliphatic rings. The molecule has 4 rings (SSSR count). The second-order valence-corrected chi connectivity index (χ2v) is 9.05. The number of rotatable bonds is 6. The van der Waals surface area contributed by atoms with Crippen molar-refractivity contribution in [2.75, 3.05) is 10.7 Å². The van der Waals surface area contributed by atoms with Crippen LogP contribution in [0.1, 0.15) is 16.7 Å². The molecule has 0 fully saturated rings. The largest absolute Gasteiger partial charge is 0.283 e. The number of hydrogen-bond acceptors (Lipinski definition) is 4. The molecule has 4 aromatic rings. The highest BCUT2D eigenvalue weighted by atomic mass is 32.2. The zero-order valence-electron chi connectivity index (χ0n) is 16.5. The molecule has 0 N–H and O–H groups in total. The second-order valence-electron chi connectivity index (χ2n) is 6.99. The van der Waals surface area contributed by atoms with Crippen LogP contribution in [0.2, 0.25) is 0 Å². The molecule has 1 amide bonds. The van der Waals surface area contributed by atoms with Crippen molar-refractivity contribution in [3.8, 4) is 0 Å². The molecule has 3 aromatic carbocycles. The highest BCUT2D eigenvalue weighted by Crippen LogP contribution is 2.33. The van der Waals surface area contributed by atoms with Gasteiger partial charge in [0.25, 0.3) is 0 Å². The molecule has 5 heteroatoms. The van der Waals surface area contributed by atoms with E-state index in [0.717, 1.165) is 31.4 Å². The standard InChI is InChI=1S/C24H22N2OS2/c1-17-13-18(2)23-21(14-17)29-24(25-23)26(15-19-9-5-3-6-10-19)22(27)16-28-20-11-7-4-8-12-20/h3-14H,15-16H2,1-2H3. The Hall–Kier alpha value is -2.63. The molecule has 146 valence electrons. The average Bonchev–Trinajstić information content (AvgIpc) is 3.16. The molecule has 0 radical (unpaired) electrons. The molecule has 0 saturated carbocycles. The van der Waals surface area contributed by atoms with Crippen LogP contribution in [0.5, 0.6) is 0 Å². The normalized spacial score (nSPS) is 11.0. The fourth-order valence-electron chi connectivity index (χ4n) is 3.24. The van der Waals surface area contributed by atoms with Crippen LogP contribution in [0.3, 0.4) is 0 Å². The van der Waals surface area contributed by atoms with Gasteiger partial charge in [-0.05, 0) is 48.7 Å². The zero-order valence-corrected chi connectivity index (χ0v) is 18.1. The number of benzene rings is 3. The molecule has 0 unspecified atom stereocenters. The Bertz CT molecular complexity index is 1120. The van der Waals surface area contributed by atoms with Crippen molar-refractivity contribution < 1.29 is 4.79 Å². The SMILES string of the molecule is Cc1cc(C)c2nc(N(Cc3ccccc3)C(=O)CSc3ccccc3)sc2c1. The fraction of sp³-hybridized carbons (Fsp3) is 0.167. The smallest absolute Gasteiger partial charge is 0.239 e. The summed E-state index contributed by atoms with van der Waals surface area (Å²) in [5, 5.41) is 0.760. The third-order valence-electron chi connectivity index (χ3n) is 4.64. The van der Waals surface area contributed by atoms with Gasteiger partial charge in [-0.25, -0.2) is 4.98 Å². The lowest BCUT2D eigenvalue weighted by Gasteiger charge is -2.20. The zero-order chi connectivity index (χ0) is 20.2. The second kappa shape index (κ2) is 8.80. The number of aromatic nitrogens is 1. The molecule has 0 spiro atoms. The van der Waals surface area contributed by atoms with E-state index >= 15 is 0 Å². The highest BCUT2D eigenvalue weighted by Gasteiger charge is 2.21. The van der Waals surface area contributed by atoms with Gasteiger partial charge in [0.15, 0.2) is 5.13 Å². The minimum Gasteiger partial charge on any atom is -0.283 e. The van der Waals surface area contributed by atoms with Crippen LogP contribution in [0, 0.1) is 13.8 Å². The molecule has 0 aliphatic carbocycles. The summed E-state index contributed by atoms with van der Waals surface area (Å²) in [7, 11) is 0. The summed E-state index contributed by atoms with van der Waals surface area (Å²) in [6.45, 7) is 4.69. The molecule has 1 aromatic heterocycles. The minimum absolute atomic E-state index is 0.0659. The van der Waals surface area contributed by atoms with Gasteiger partial charge in [-0.2, -0.15) is 0 Å². The third kappa shape index (κ3) is 4.69. The molecular weight excluding hydrogens is 396 g/mol. The number of thiazole rings is 1. The summed E-state index contributed by atoms with van der Waals surface area (Å²) in [4.78, 5) is 21.0. The van der Waals surface area contributed by atoms with E-state index in [2.05, 4.69) is 26.0 Å². The van der Waals surface area contributed by atoms with Crippen LogP contribution >= 0.6 is 23.1 Å². The van der Waals surface area contributed by atoms with E-state index in [4.69, 9.17) is 4.98 Å². The van der Waals surface area contributed by atoms with Crippen LogP contribution in [-0.2, 0) is 11.3 Å². The lowest BCUT2D eigenvalue weighted by atomic mass is 10.1.